The van der Waals surface area contributed by atoms with Gasteiger partial charge in [0, 0.05) is 21.0 Å². The van der Waals surface area contributed by atoms with Crippen LogP contribution in [0.3, 0.4) is 0 Å². The molecule has 2 aromatic carbocycles. The van der Waals surface area contributed by atoms with Crippen molar-refractivity contribution in [1.82, 2.24) is 0 Å². The number of hydrogen-bond acceptors (Lipinski definition) is 2. The van der Waals surface area contributed by atoms with E-state index in [1.807, 2.05) is 48.5 Å². The summed E-state index contributed by atoms with van der Waals surface area (Å²) in [6, 6.07) is 15.6. The molecule has 0 spiro atoms. The highest BCUT2D eigenvalue weighted by atomic mass is 127. The first-order chi connectivity index (χ1) is 9.17. The summed E-state index contributed by atoms with van der Waals surface area (Å²) < 4.78 is 6.32. The maximum atomic E-state index is 5.28. The van der Waals surface area contributed by atoms with Crippen molar-refractivity contribution in [3.05, 3.63) is 52.1 Å². The molecule has 3 nitrogen and oxygen atoms in total. The third kappa shape index (κ3) is 4.36. The van der Waals surface area contributed by atoms with Crippen LogP contribution in [0, 0.1) is 3.57 Å². The molecule has 19 heavy (non-hydrogen) atoms. The van der Waals surface area contributed by atoms with Crippen molar-refractivity contribution < 1.29 is 4.74 Å². The van der Waals surface area contributed by atoms with Gasteiger partial charge in [-0.05, 0) is 65.1 Å². The van der Waals surface area contributed by atoms with Gasteiger partial charge in [-0.1, -0.05) is 12.1 Å². The molecule has 2 rings (SSSR count). The van der Waals surface area contributed by atoms with Crippen LogP contribution in [0.4, 0.5) is 11.4 Å². The van der Waals surface area contributed by atoms with Gasteiger partial charge < -0.3 is 15.4 Å². The lowest BCUT2D eigenvalue weighted by molar-refractivity contribution is 0.415. The molecule has 0 bridgehead atoms. The molecular formula is C14H13IN2OS. The Balaban J connectivity index is 2.01. The fourth-order valence-corrected chi connectivity index (χ4v) is 2.34. The van der Waals surface area contributed by atoms with Gasteiger partial charge in [0.25, 0.3) is 0 Å². The van der Waals surface area contributed by atoms with Gasteiger partial charge in [-0.3, -0.25) is 0 Å². The first kappa shape index (κ1) is 14.1. The van der Waals surface area contributed by atoms with Crippen LogP contribution < -0.4 is 15.4 Å². The number of thiocarbonyl (C=S) groups is 1. The van der Waals surface area contributed by atoms with Crippen LogP contribution in [-0.4, -0.2) is 12.2 Å². The van der Waals surface area contributed by atoms with Crippen molar-refractivity contribution in [2.24, 2.45) is 0 Å². The molecule has 0 fully saturated rings. The molecule has 2 aromatic rings. The molecular weight excluding hydrogens is 371 g/mol. The van der Waals surface area contributed by atoms with Gasteiger partial charge in [-0.25, -0.2) is 0 Å². The number of benzene rings is 2. The topological polar surface area (TPSA) is 33.3 Å². The van der Waals surface area contributed by atoms with E-state index in [1.54, 1.807) is 7.11 Å². The molecule has 0 atom stereocenters. The first-order valence-corrected chi connectivity index (χ1v) is 7.14. The summed E-state index contributed by atoms with van der Waals surface area (Å²) in [4.78, 5) is 0. The molecule has 0 aromatic heterocycles. The lowest BCUT2D eigenvalue weighted by Gasteiger charge is -2.11. The average molecular weight is 384 g/mol. The zero-order chi connectivity index (χ0) is 13.7. The Morgan fingerprint density at radius 2 is 1.68 bits per heavy atom. The monoisotopic (exact) mass is 384 g/mol. The number of nitrogens with one attached hydrogen (secondary N) is 2. The van der Waals surface area contributed by atoms with Gasteiger partial charge >= 0.3 is 0 Å². The Kier molecular flexibility index (Phi) is 4.98. The fourth-order valence-electron chi connectivity index (χ4n) is 1.56. The van der Waals surface area contributed by atoms with Gasteiger partial charge in [-0.15, -0.1) is 0 Å². The normalized spacial score (nSPS) is 9.79. The third-order valence-corrected chi connectivity index (χ3v) is 3.29. The molecule has 2 N–H and O–H groups in total. The smallest absolute Gasteiger partial charge is 0.175 e. The summed E-state index contributed by atoms with van der Waals surface area (Å²) in [6.45, 7) is 0. The van der Waals surface area contributed by atoms with E-state index in [9.17, 15) is 0 Å². The second-order valence-electron chi connectivity index (χ2n) is 3.82. The summed E-state index contributed by atoms with van der Waals surface area (Å²) in [5.74, 6) is 0.794. The summed E-state index contributed by atoms with van der Waals surface area (Å²) in [6.07, 6.45) is 0. The highest BCUT2D eigenvalue weighted by Crippen LogP contribution is 2.17. The Hall–Kier alpha value is -1.34. The van der Waals surface area contributed by atoms with Crippen molar-refractivity contribution >= 4 is 51.3 Å². The highest BCUT2D eigenvalue weighted by Gasteiger charge is 2.00. The molecule has 0 saturated carbocycles. The van der Waals surface area contributed by atoms with E-state index in [4.69, 9.17) is 17.0 Å². The van der Waals surface area contributed by atoms with Gasteiger partial charge in [0.1, 0.15) is 5.75 Å². The van der Waals surface area contributed by atoms with Gasteiger partial charge in [0.05, 0.1) is 7.11 Å². The summed E-state index contributed by atoms with van der Waals surface area (Å²) in [7, 11) is 1.64. The molecule has 0 aliphatic rings. The van der Waals surface area contributed by atoms with Crippen molar-refractivity contribution in [1.29, 1.82) is 0 Å². The van der Waals surface area contributed by atoms with E-state index in [1.165, 1.54) is 0 Å². The van der Waals surface area contributed by atoms with Crippen LogP contribution in [0.1, 0.15) is 0 Å². The maximum absolute atomic E-state index is 5.28. The molecule has 0 amide bonds. The maximum Gasteiger partial charge on any atom is 0.175 e. The van der Waals surface area contributed by atoms with Crippen LogP contribution in [0.5, 0.6) is 5.75 Å². The fraction of sp³-hybridized carbons (Fsp3) is 0.0714. The quantitative estimate of drug-likeness (QED) is 0.617. The van der Waals surface area contributed by atoms with Crippen molar-refractivity contribution in [3.63, 3.8) is 0 Å². The molecule has 0 unspecified atom stereocenters. The Morgan fingerprint density at radius 1 is 1.05 bits per heavy atom. The van der Waals surface area contributed by atoms with Crippen LogP contribution >= 0.6 is 34.8 Å². The number of methoxy groups -OCH3 is 1. The predicted octanol–water partition coefficient (Wildman–Crippen LogP) is 4.11. The second-order valence-corrected chi connectivity index (χ2v) is 5.48. The minimum Gasteiger partial charge on any atom is -0.497 e. The van der Waals surface area contributed by atoms with E-state index < -0.39 is 0 Å². The number of rotatable bonds is 3. The Bertz CT molecular complexity index is 589. The van der Waals surface area contributed by atoms with Gasteiger partial charge in [-0.2, -0.15) is 0 Å². The van der Waals surface area contributed by atoms with E-state index >= 15 is 0 Å². The Labute approximate surface area is 131 Å². The minimum absolute atomic E-state index is 0.551. The number of anilines is 2. The van der Waals surface area contributed by atoms with E-state index in [0.717, 1.165) is 20.7 Å². The summed E-state index contributed by atoms with van der Waals surface area (Å²) >= 11 is 7.54. The molecule has 0 heterocycles. The molecule has 98 valence electrons. The van der Waals surface area contributed by atoms with E-state index in [0.29, 0.717) is 5.11 Å². The lowest BCUT2D eigenvalue weighted by Crippen LogP contribution is -2.19. The van der Waals surface area contributed by atoms with Gasteiger partial charge in [0.2, 0.25) is 0 Å². The lowest BCUT2D eigenvalue weighted by atomic mass is 10.3. The highest BCUT2D eigenvalue weighted by molar-refractivity contribution is 14.1. The van der Waals surface area contributed by atoms with Gasteiger partial charge in [0.15, 0.2) is 5.11 Å². The van der Waals surface area contributed by atoms with Crippen LogP contribution in [0.2, 0.25) is 0 Å². The zero-order valence-corrected chi connectivity index (χ0v) is 13.3. The Morgan fingerprint density at radius 3 is 2.32 bits per heavy atom. The van der Waals surface area contributed by atoms with Crippen molar-refractivity contribution in [2.45, 2.75) is 0 Å². The molecule has 0 radical (unpaired) electrons. The minimum atomic E-state index is 0.551. The zero-order valence-electron chi connectivity index (χ0n) is 10.3. The van der Waals surface area contributed by atoms with Crippen LogP contribution in [0.25, 0.3) is 0 Å². The number of halogens is 1. The van der Waals surface area contributed by atoms with Crippen molar-refractivity contribution in [2.75, 3.05) is 17.7 Å². The predicted molar refractivity (Wildman–Crippen MR) is 92.0 cm³/mol. The molecule has 5 heteroatoms. The number of hydrogen-bond donors (Lipinski definition) is 2. The molecule has 0 saturated heterocycles. The standard InChI is InChI=1S/C14H13IN2OS/c1-18-13-7-3-6-12(9-13)17-14(19)16-11-5-2-4-10(15)8-11/h2-9H,1H3,(H2,16,17,19). The molecule has 0 aliphatic carbocycles. The number of ether oxygens (including phenoxy) is 1. The molecule has 0 aliphatic heterocycles. The third-order valence-electron chi connectivity index (χ3n) is 2.41. The van der Waals surface area contributed by atoms with Crippen LogP contribution in [0.15, 0.2) is 48.5 Å². The largest absolute Gasteiger partial charge is 0.497 e. The first-order valence-electron chi connectivity index (χ1n) is 5.65. The van der Waals surface area contributed by atoms with E-state index in [2.05, 4.69) is 33.2 Å². The SMILES string of the molecule is COc1cccc(NC(=S)Nc2cccc(I)c2)c1. The van der Waals surface area contributed by atoms with E-state index in [-0.39, 0.29) is 0 Å². The van der Waals surface area contributed by atoms with Crippen molar-refractivity contribution in [3.8, 4) is 5.75 Å². The summed E-state index contributed by atoms with van der Waals surface area (Å²) in [5, 5.41) is 6.82. The average Bonchev–Trinajstić information content (AvgIpc) is 2.38. The van der Waals surface area contributed by atoms with Crippen LogP contribution in [-0.2, 0) is 0 Å². The summed E-state index contributed by atoms with van der Waals surface area (Å²) in [5.41, 5.74) is 1.86. The second kappa shape index (κ2) is 6.72.